The first kappa shape index (κ1) is 16.9. The molecule has 0 saturated heterocycles. The van der Waals surface area contributed by atoms with Crippen LogP contribution in [0.5, 0.6) is 17.2 Å². The number of hydrogen-bond acceptors (Lipinski definition) is 5. The summed E-state index contributed by atoms with van der Waals surface area (Å²) >= 11 is 0. The Balaban J connectivity index is 2.06. The van der Waals surface area contributed by atoms with E-state index in [0.717, 1.165) is 42.7 Å². The van der Waals surface area contributed by atoms with E-state index in [2.05, 4.69) is 12.2 Å². The topological polar surface area (TPSA) is 60.0 Å². The van der Waals surface area contributed by atoms with Crippen LogP contribution in [0.3, 0.4) is 0 Å². The lowest BCUT2D eigenvalue weighted by Crippen LogP contribution is -2.48. The Kier molecular flexibility index (Phi) is 5.53. The van der Waals surface area contributed by atoms with E-state index in [4.69, 9.17) is 14.2 Å². The maximum atomic E-state index is 10.2. The highest BCUT2D eigenvalue weighted by molar-refractivity contribution is 5.51. The normalized spacial score (nSPS) is 17.5. The number of benzene rings is 1. The van der Waals surface area contributed by atoms with Gasteiger partial charge in [0.05, 0.1) is 26.9 Å². The first-order chi connectivity index (χ1) is 10.5. The van der Waals surface area contributed by atoms with Gasteiger partial charge >= 0.3 is 0 Å². The van der Waals surface area contributed by atoms with Gasteiger partial charge in [-0.1, -0.05) is 0 Å². The first-order valence-corrected chi connectivity index (χ1v) is 7.76. The summed E-state index contributed by atoms with van der Waals surface area (Å²) in [5.41, 5.74) is 0.494. The summed E-state index contributed by atoms with van der Waals surface area (Å²) in [5.74, 6) is 2.22. The fourth-order valence-electron chi connectivity index (χ4n) is 2.78. The zero-order valence-electron chi connectivity index (χ0n) is 13.9. The van der Waals surface area contributed by atoms with Gasteiger partial charge in [0.1, 0.15) is 17.2 Å². The van der Waals surface area contributed by atoms with Gasteiger partial charge in [-0.25, -0.2) is 0 Å². The van der Waals surface area contributed by atoms with Crippen LogP contribution in [0.1, 0.15) is 31.7 Å². The summed E-state index contributed by atoms with van der Waals surface area (Å²) < 4.78 is 16.2. The molecule has 0 amide bonds. The van der Waals surface area contributed by atoms with Crippen LogP contribution >= 0.6 is 0 Å². The fourth-order valence-corrected chi connectivity index (χ4v) is 2.78. The average Bonchev–Trinajstić information content (AvgIpc) is 2.51. The van der Waals surface area contributed by atoms with E-state index in [1.54, 1.807) is 21.3 Å². The van der Waals surface area contributed by atoms with Crippen molar-refractivity contribution in [3.8, 4) is 17.2 Å². The molecule has 0 radical (unpaired) electrons. The molecule has 1 unspecified atom stereocenters. The molecule has 0 bridgehead atoms. The summed E-state index contributed by atoms with van der Waals surface area (Å²) in [6.07, 6.45) is 3.66. The van der Waals surface area contributed by atoms with Crippen molar-refractivity contribution in [1.29, 1.82) is 0 Å². The molecule has 124 valence electrons. The number of hydrogen-bond donors (Lipinski definition) is 2. The predicted octanol–water partition coefficient (Wildman–Crippen LogP) is 2.15. The standard InChI is InChI=1S/C17H27NO4/c1-12(18-11-17(19)6-5-7-17)8-14-15(21-3)9-13(20-2)10-16(14)22-4/h9-10,12,18-19H,5-8,11H2,1-4H3. The summed E-state index contributed by atoms with van der Waals surface area (Å²) in [7, 11) is 4.91. The summed E-state index contributed by atoms with van der Waals surface area (Å²) in [6, 6.07) is 3.94. The number of methoxy groups -OCH3 is 3. The van der Waals surface area contributed by atoms with E-state index in [1.165, 1.54) is 0 Å². The van der Waals surface area contributed by atoms with Crippen LogP contribution in [0.4, 0.5) is 0 Å². The van der Waals surface area contributed by atoms with E-state index in [9.17, 15) is 5.11 Å². The largest absolute Gasteiger partial charge is 0.496 e. The van der Waals surface area contributed by atoms with E-state index in [-0.39, 0.29) is 6.04 Å². The van der Waals surface area contributed by atoms with Gasteiger partial charge in [-0.05, 0) is 32.6 Å². The highest BCUT2D eigenvalue weighted by Gasteiger charge is 2.34. The van der Waals surface area contributed by atoms with Gasteiger partial charge in [-0.3, -0.25) is 0 Å². The molecule has 0 heterocycles. The molecule has 1 aromatic rings. The van der Waals surface area contributed by atoms with Crippen molar-refractivity contribution in [1.82, 2.24) is 5.32 Å². The predicted molar refractivity (Wildman–Crippen MR) is 86.1 cm³/mol. The molecule has 1 aromatic carbocycles. The Morgan fingerprint density at radius 1 is 1.14 bits per heavy atom. The first-order valence-electron chi connectivity index (χ1n) is 7.76. The minimum atomic E-state index is -0.512. The van der Waals surface area contributed by atoms with Crippen molar-refractivity contribution in [2.24, 2.45) is 0 Å². The second kappa shape index (κ2) is 7.20. The second-order valence-electron chi connectivity index (χ2n) is 6.07. The summed E-state index contributed by atoms with van der Waals surface area (Å²) in [6.45, 7) is 2.74. The van der Waals surface area contributed by atoms with Crippen LogP contribution in [0.15, 0.2) is 12.1 Å². The third kappa shape index (κ3) is 3.84. The lowest BCUT2D eigenvalue weighted by molar-refractivity contribution is -0.0328. The van der Waals surface area contributed by atoms with Gasteiger partial charge in [-0.15, -0.1) is 0 Å². The maximum Gasteiger partial charge on any atom is 0.129 e. The number of rotatable bonds is 8. The van der Waals surface area contributed by atoms with Crippen LogP contribution < -0.4 is 19.5 Å². The Bertz CT molecular complexity index is 474. The lowest BCUT2D eigenvalue weighted by atomic mass is 9.80. The molecular weight excluding hydrogens is 282 g/mol. The third-order valence-corrected chi connectivity index (χ3v) is 4.39. The molecule has 0 aliphatic heterocycles. The van der Waals surface area contributed by atoms with Gasteiger partial charge < -0.3 is 24.6 Å². The molecule has 0 spiro atoms. The Morgan fingerprint density at radius 3 is 2.14 bits per heavy atom. The van der Waals surface area contributed by atoms with Crippen molar-refractivity contribution >= 4 is 0 Å². The van der Waals surface area contributed by atoms with Crippen molar-refractivity contribution in [3.05, 3.63) is 17.7 Å². The van der Waals surface area contributed by atoms with Crippen molar-refractivity contribution < 1.29 is 19.3 Å². The van der Waals surface area contributed by atoms with Gasteiger partial charge in [-0.2, -0.15) is 0 Å². The van der Waals surface area contributed by atoms with Crippen molar-refractivity contribution in [2.45, 2.75) is 44.2 Å². The van der Waals surface area contributed by atoms with Crippen molar-refractivity contribution in [2.75, 3.05) is 27.9 Å². The van der Waals surface area contributed by atoms with E-state index in [1.807, 2.05) is 12.1 Å². The molecule has 5 nitrogen and oxygen atoms in total. The Hall–Kier alpha value is -1.46. The fraction of sp³-hybridized carbons (Fsp3) is 0.647. The van der Waals surface area contributed by atoms with E-state index >= 15 is 0 Å². The average molecular weight is 309 g/mol. The van der Waals surface area contributed by atoms with Gasteiger partial charge in [0.2, 0.25) is 0 Å². The van der Waals surface area contributed by atoms with Crippen LogP contribution in [-0.4, -0.2) is 44.6 Å². The zero-order valence-corrected chi connectivity index (χ0v) is 13.9. The number of ether oxygens (including phenoxy) is 3. The van der Waals surface area contributed by atoms with Crippen molar-refractivity contribution in [3.63, 3.8) is 0 Å². The van der Waals surface area contributed by atoms with E-state index < -0.39 is 5.60 Å². The molecule has 5 heteroatoms. The molecule has 22 heavy (non-hydrogen) atoms. The van der Waals surface area contributed by atoms with Crippen LogP contribution in [0.2, 0.25) is 0 Å². The summed E-state index contributed by atoms with van der Waals surface area (Å²) in [4.78, 5) is 0. The molecule has 2 N–H and O–H groups in total. The molecule has 1 aliphatic carbocycles. The zero-order chi connectivity index (χ0) is 16.2. The minimum Gasteiger partial charge on any atom is -0.496 e. The van der Waals surface area contributed by atoms with Crippen LogP contribution in [0.25, 0.3) is 0 Å². The van der Waals surface area contributed by atoms with Gasteiger partial charge in [0.15, 0.2) is 0 Å². The molecule has 1 saturated carbocycles. The van der Waals surface area contributed by atoms with E-state index in [0.29, 0.717) is 12.3 Å². The monoisotopic (exact) mass is 309 g/mol. The molecule has 1 fully saturated rings. The Morgan fingerprint density at radius 2 is 1.73 bits per heavy atom. The van der Waals surface area contributed by atoms with Gasteiger partial charge in [0.25, 0.3) is 0 Å². The maximum absolute atomic E-state index is 10.2. The quantitative estimate of drug-likeness (QED) is 0.770. The second-order valence-corrected chi connectivity index (χ2v) is 6.07. The molecule has 0 aromatic heterocycles. The number of aliphatic hydroxyl groups is 1. The van der Waals surface area contributed by atoms with Crippen LogP contribution in [0, 0.1) is 0 Å². The molecule has 2 rings (SSSR count). The highest BCUT2D eigenvalue weighted by Crippen LogP contribution is 2.35. The Labute approximate surface area is 132 Å². The van der Waals surface area contributed by atoms with Gasteiger partial charge in [0, 0.05) is 30.3 Å². The molecule has 1 atom stereocenters. The molecule has 1 aliphatic rings. The third-order valence-electron chi connectivity index (χ3n) is 4.39. The minimum absolute atomic E-state index is 0.209. The lowest BCUT2D eigenvalue weighted by Gasteiger charge is -2.37. The number of nitrogens with one attached hydrogen (secondary N) is 1. The molecular formula is C17H27NO4. The smallest absolute Gasteiger partial charge is 0.129 e. The highest BCUT2D eigenvalue weighted by atomic mass is 16.5. The van der Waals surface area contributed by atoms with Crippen LogP contribution in [-0.2, 0) is 6.42 Å². The summed E-state index contributed by atoms with van der Waals surface area (Å²) in [5, 5.41) is 13.6. The SMILES string of the molecule is COc1cc(OC)c(CC(C)NCC2(O)CCC2)c(OC)c1.